The molecule has 0 bridgehead atoms. The second-order valence-electron chi connectivity index (χ2n) is 5.18. The molecule has 0 saturated carbocycles. The number of nitrogens with one attached hydrogen (secondary N) is 1. The first-order valence-corrected chi connectivity index (χ1v) is 6.81. The summed E-state index contributed by atoms with van der Waals surface area (Å²) in [6.07, 6.45) is -4.55. The molecule has 0 heterocycles. The Balaban J connectivity index is 2.78. The third kappa shape index (κ3) is 6.14. The summed E-state index contributed by atoms with van der Waals surface area (Å²) in [6.45, 7) is 5.35. The number of benzene rings is 1. The Morgan fingerprint density at radius 1 is 1.35 bits per heavy atom. The molecule has 1 atom stereocenters. The zero-order valence-electron chi connectivity index (χ0n) is 12.9. The molecule has 126 valence electrons. The van der Waals surface area contributed by atoms with Gasteiger partial charge in [0.25, 0.3) is 0 Å². The van der Waals surface area contributed by atoms with Crippen LogP contribution in [0.1, 0.15) is 24.5 Å². The van der Waals surface area contributed by atoms with Crippen LogP contribution in [-0.2, 0) is 26.9 Å². The van der Waals surface area contributed by atoms with E-state index >= 15 is 0 Å². The van der Waals surface area contributed by atoms with Crippen LogP contribution in [0.15, 0.2) is 36.4 Å². The molecule has 0 fully saturated rings. The predicted octanol–water partition coefficient (Wildman–Crippen LogP) is 2.87. The molecule has 4 nitrogen and oxygen atoms in total. The van der Waals surface area contributed by atoms with Gasteiger partial charge in [-0.1, -0.05) is 23.8 Å². The fraction of sp³-hybridized carbons (Fsp3) is 0.375. The topological polar surface area (TPSA) is 55.4 Å². The van der Waals surface area contributed by atoms with Crippen molar-refractivity contribution in [3.05, 3.63) is 47.5 Å². The van der Waals surface area contributed by atoms with E-state index in [1.54, 1.807) is 6.92 Å². The van der Waals surface area contributed by atoms with E-state index in [0.717, 1.165) is 12.1 Å². The van der Waals surface area contributed by atoms with Crippen LogP contribution in [-0.4, -0.2) is 25.0 Å². The van der Waals surface area contributed by atoms with Gasteiger partial charge >= 0.3 is 12.1 Å². The number of amides is 1. The highest BCUT2D eigenvalue weighted by molar-refractivity contribution is 5.85. The van der Waals surface area contributed by atoms with Crippen LogP contribution in [0.4, 0.5) is 13.2 Å². The Hall–Kier alpha value is -2.31. The molecule has 0 spiro atoms. The Kier molecular flexibility index (Phi) is 6.36. The van der Waals surface area contributed by atoms with Crippen LogP contribution in [0.25, 0.3) is 0 Å². The molecule has 0 aliphatic heterocycles. The van der Waals surface area contributed by atoms with E-state index in [1.165, 1.54) is 19.2 Å². The third-order valence-electron chi connectivity index (χ3n) is 2.99. The Morgan fingerprint density at radius 3 is 2.52 bits per heavy atom. The van der Waals surface area contributed by atoms with E-state index in [2.05, 4.69) is 16.6 Å². The van der Waals surface area contributed by atoms with Crippen molar-refractivity contribution >= 4 is 11.9 Å². The van der Waals surface area contributed by atoms with Gasteiger partial charge in [0.1, 0.15) is 6.04 Å². The number of halogens is 3. The van der Waals surface area contributed by atoms with Crippen LogP contribution in [0, 0.1) is 0 Å². The van der Waals surface area contributed by atoms with Crippen molar-refractivity contribution in [1.82, 2.24) is 5.32 Å². The quantitative estimate of drug-likeness (QED) is 0.645. The van der Waals surface area contributed by atoms with Crippen molar-refractivity contribution in [1.29, 1.82) is 0 Å². The highest BCUT2D eigenvalue weighted by Crippen LogP contribution is 2.29. The van der Waals surface area contributed by atoms with Gasteiger partial charge in [-0.25, -0.2) is 4.79 Å². The van der Waals surface area contributed by atoms with Crippen LogP contribution in [0.2, 0.25) is 0 Å². The van der Waals surface area contributed by atoms with Crippen molar-refractivity contribution in [3.63, 3.8) is 0 Å². The normalized spacial score (nSPS) is 12.4. The van der Waals surface area contributed by atoms with Gasteiger partial charge in [0, 0.05) is 0 Å². The lowest BCUT2D eigenvalue weighted by molar-refractivity contribution is -0.145. The summed E-state index contributed by atoms with van der Waals surface area (Å²) in [5.41, 5.74) is 0.0466. The second-order valence-corrected chi connectivity index (χ2v) is 5.18. The number of esters is 1. The van der Waals surface area contributed by atoms with E-state index < -0.39 is 29.7 Å². The zero-order valence-corrected chi connectivity index (χ0v) is 12.9. The Labute approximate surface area is 132 Å². The van der Waals surface area contributed by atoms with Crippen LogP contribution in [0.3, 0.4) is 0 Å². The van der Waals surface area contributed by atoms with Gasteiger partial charge < -0.3 is 10.1 Å². The SMILES string of the molecule is C=C(C)C[C@@H](NC(=O)Cc1cccc(C(F)(F)F)c1)C(=O)OC. The summed E-state index contributed by atoms with van der Waals surface area (Å²) in [7, 11) is 1.19. The van der Waals surface area contributed by atoms with Crippen LogP contribution >= 0.6 is 0 Å². The van der Waals surface area contributed by atoms with E-state index in [0.29, 0.717) is 5.57 Å². The summed E-state index contributed by atoms with van der Waals surface area (Å²) < 4.78 is 42.5. The zero-order chi connectivity index (χ0) is 17.6. The van der Waals surface area contributed by atoms with Gasteiger partial charge in [0.05, 0.1) is 19.1 Å². The number of hydrogen-bond donors (Lipinski definition) is 1. The lowest BCUT2D eigenvalue weighted by atomic mass is 10.1. The van der Waals surface area contributed by atoms with Gasteiger partial charge in [0.2, 0.25) is 5.91 Å². The molecule has 0 radical (unpaired) electrons. The number of carbonyl (C=O) groups is 2. The molecule has 0 saturated heterocycles. The van der Waals surface area contributed by atoms with E-state index in [1.807, 2.05) is 0 Å². The summed E-state index contributed by atoms with van der Waals surface area (Å²) in [4.78, 5) is 23.6. The molecule has 0 aliphatic rings. The second kappa shape index (κ2) is 7.80. The standard InChI is InChI=1S/C16H18F3NO3/c1-10(2)7-13(15(22)23-3)20-14(21)9-11-5-4-6-12(8-11)16(17,18)19/h4-6,8,13H,1,7,9H2,2-3H3,(H,20,21)/t13-/m1/s1. The van der Waals surface area contributed by atoms with Crippen molar-refractivity contribution in [3.8, 4) is 0 Å². The van der Waals surface area contributed by atoms with Crippen molar-refractivity contribution in [2.45, 2.75) is 32.0 Å². The molecule has 1 rings (SSSR count). The monoisotopic (exact) mass is 329 g/mol. The molecule has 1 aromatic rings. The average molecular weight is 329 g/mol. The van der Waals surface area contributed by atoms with Gasteiger partial charge in [0.15, 0.2) is 0 Å². The molecular formula is C16H18F3NO3. The largest absolute Gasteiger partial charge is 0.467 e. The first-order chi connectivity index (χ1) is 10.6. The molecule has 0 aliphatic carbocycles. The molecular weight excluding hydrogens is 311 g/mol. The molecule has 0 aromatic heterocycles. The Morgan fingerprint density at radius 2 is 2.00 bits per heavy atom. The van der Waals surface area contributed by atoms with Gasteiger partial charge in [-0.15, -0.1) is 6.58 Å². The van der Waals surface area contributed by atoms with Crippen LogP contribution < -0.4 is 5.32 Å². The van der Waals surface area contributed by atoms with E-state index in [9.17, 15) is 22.8 Å². The summed E-state index contributed by atoms with van der Waals surface area (Å²) in [5.74, 6) is -1.20. The highest BCUT2D eigenvalue weighted by Gasteiger charge is 2.30. The molecule has 1 aromatic carbocycles. The number of methoxy groups -OCH3 is 1. The summed E-state index contributed by atoms with van der Waals surface area (Å²) in [6, 6.07) is 3.58. The fourth-order valence-corrected chi connectivity index (χ4v) is 1.97. The molecule has 1 amide bonds. The number of ether oxygens (including phenoxy) is 1. The lowest BCUT2D eigenvalue weighted by Gasteiger charge is -2.16. The number of rotatable bonds is 6. The Bertz CT molecular complexity index is 596. The van der Waals surface area contributed by atoms with Crippen molar-refractivity contribution in [2.75, 3.05) is 7.11 Å². The van der Waals surface area contributed by atoms with E-state index in [4.69, 9.17) is 0 Å². The summed E-state index contributed by atoms with van der Waals surface area (Å²) in [5, 5.41) is 2.45. The lowest BCUT2D eigenvalue weighted by Crippen LogP contribution is -2.42. The number of carbonyl (C=O) groups excluding carboxylic acids is 2. The number of hydrogen-bond acceptors (Lipinski definition) is 3. The van der Waals surface area contributed by atoms with Crippen molar-refractivity contribution < 1.29 is 27.5 Å². The van der Waals surface area contributed by atoms with Gasteiger partial charge in [-0.2, -0.15) is 13.2 Å². The minimum Gasteiger partial charge on any atom is -0.467 e. The average Bonchev–Trinajstić information content (AvgIpc) is 2.44. The van der Waals surface area contributed by atoms with Gasteiger partial charge in [-0.3, -0.25) is 4.79 Å². The summed E-state index contributed by atoms with van der Waals surface area (Å²) >= 11 is 0. The maximum Gasteiger partial charge on any atom is 0.416 e. The molecule has 0 unspecified atom stereocenters. The predicted molar refractivity (Wildman–Crippen MR) is 78.5 cm³/mol. The first-order valence-electron chi connectivity index (χ1n) is 6.81. The van der Waals surface area contributed by atoms with Crippen molar-refractivity contribution in [2.24, 2.45) is 0 Å². The number of alkyl halides is 3. The minimum atomic E-state index is -4.47. The fourth-order valence-electron chi connectivity index (χ4n) is 1.97. The van der Waals surface area contributed by atoms with Gasteiger partial charge in [-0.05, 0) is 25.0 Å². The minimum absolute atomic E-state index is 0.195. The third-order valence-corrected chi connectivity index (χ3v) is 2.99. The first kappa shape index (κ1) is 18.7. The smallest absolute Gasteiger partial charge is 0.416 e. The highest BCUT2D eigenvalue weighted by atomic mass is 19.4. The maximum atomic E-state index is 12.6. The van der Waals surface area contributed by atoms with Crippen LogP contribution in [0.5, 0.6) is 0 Å². The molecule has 1 N–H and O–H groups in total. The maximum absolute atomic E-state index is 12.6. The molecule has 23 heavy (non-hydrogen) atoms. The van der Waals surface area contributed by atoms with E-state index in [-0.39, 0.29) is 18.4 Å². The molecule has 7 heteroatoms.